The van der Waals surface area contributed by atoms with Gasteiger partial charge in [-0.25, -0.2) is 4.79 Å². The van der Waals surface area contributed by atoms with E-state index in [-0.39, 0.29) is 5.78 Å². The summed E-state index contributed by atoms with van der Waals surface area (Å²) in [4.78, 5) is 24.7. The van der Waals surface area contributed by atoms with E-state index in [1.54, 1.807) is 37.3 Å². The molecule has 0 fully saturated rings. The van der Waals surface area contributed by atoms with Crippen molar-refractivity contribution < 1.29 is 14.3 Å². The van der Waals surface area contributed by atoms with Crippen molar-refractivity contribution in [2.45, 2.75) is 38.7 Å². The number of Topliss-reactive ketones (excluding diaryl/α,β-unsaturated/α-hetero) is 1. The van der Waals surface area contributed by atoms with Crippen LogP contribution in [0.15, 0.2) is 42.5 Å². The van der Waals surface area contributed by atoms with Crippen LogP contribution in [0.2, 0.25) is 5.02 Å². The third-order valence-corrected chi connectivity index (χ3v) is 4.62. The number of aryl methyl sites for hydroxylation is 2. The molecule has 2 aromatic rings. The summed E-state index contributed by atoms with van der Waals surface area (Å²) < 4.78 is 5.35. The maximum Gasteiger partial charge on any atom is 0.338 e. The van der Waals surface area contributed by atoms with Gasteiger partial charge in [0.05, 0.1) is 5.56 Å². The molecule has 2 aromatic carbocycles. The smallest absolute Gasteiger partial charge is 0.338 e. The average Bonchev–Trinajstić information content (AvgIpc) is 2.61. The second-order valence-corrected chi connectivity index (χ2v) is 6.55. The van der Waals surface area contributed by atoms with Crippen LogP contribution in [0.5, 0.6) is 0 Å². The van der Waals surface area contributed by atoms with Gasteiger partial charge in [-0.05, 0) is 80.1 Å². The molecule has 3 rings (SSSR count). The average molecular weight is 343 g/mol. The van der Waals surface area contributed by atoms with Crippen LogP contribution in [0.1, 0.15) is 51.6 Å². The lowest BCUT2D eigenvalue weighted by atomic mass is 9.90. The van der Waals surface area contributed by atoms with Gasteiger partial charge in [-0.2, -0.15) is 0 Å². The number of hydrogen-bond donors (Lipinski definition) is 0. The molecule has 0 aliphatic heterocycles. The quantitative estimate of drug-likeness (QED) is 0.600. The summed E-state index contributed by atoms with van der Waals surface area (Å²) in [5.41, 5.74) is 3.51. The van der Waals surface area contributed by atoms with Gasteiger partial charge in [0.15, 0.2) is 6.10 Å². The van der Waals surface area contributed by atoms with Crippen LogP contribution in [0.25, 0.3) is 0 Å². The number of carbonyl (C=O) groups excluding carboxylic acids is 2. The fraction of sp³-hybridized carbons (Fsp3) is 0.300. The first-order valence-electron chi connectivity index (χ1n) is 8.17. The molecule has 0 saturated carbocycles. The zero-order valence-corrected chi connectivity index (χ0v) is 14.3. The number of hydrogen-bond acceptors (Lipinski definition) is 3. The molecule has 1 aliphatic rings. The van der Waals surface area contributed by atoms with E-state index in [1.165, 1.54) is 17.5 Å². The molecule has 0 heterocycles. The molecule has 1 aliphatic carbocycles. The molecule has 3 nitrogen and oxygen atoms in total. The van der Waals surface area contributed by atoms with Gasteiger partial charge in [0.1, 0.15) is 0 Å². The van der Waals surface area contributed by atoms with E-state index in [1.807, 2.05) is 12.1 Å². The van der Waals surface area contributed by atoms with E-state index in [9.17, 15) is 9.59 Å². The minimum absolute atomic E-state index is 0.238. The largest absolute Gasteiger partial charge is 0.451 e. The van der Waals surface area contributed by atoms with Gasteiger partial charge in [0, 0.05) is 10.6 Å². The Morgan fingerprint density at radius 3 is 2.29 bits per heavy atom. The maximum atomic E-state index is 12.3. The highest BCUT2D eigenvalue weighted by atomic mass is 35.5. The normalized spacial score (nSPS) is 14.6. The Morgan fingerprint density at radius 1 is 0.958 bits per heavy atom. The minimum Gasteiger partial charge on any atom is -0.451 e. The molecule has 0 N–H and O–H groups in total. The fourth-order valence-electron chi connectivity index (χ4n) is 2.99. The highest BCUT2D eigenvalue weighted by Gasteiger charge is 2.21. The summed E-state index contributed by atoms with van der Waals surface area (Å²) >= 11 is 5.82. The first-order chi connectivity index (χ1) is 11.5. The van der Waals surface area contributed by atoms with Crippen molar-refractivity contribution in [2.24, 2.45) is 0 Å². The van der Waals surface area contributed by atoms with E-state index in [0.717, 1.165) is 19.3 Å². The predicted molar refractivity (Wildman–Crippen MR) is 93.7 cm³/mol. The maximum absolute atomic E-state index is 12.3. The van der Waals surface area contributed by atoms with Gasteiger partial charge < -0.3 is 4.74 Å². The first kappa shape index (κ1) is 16.7. The number of ether oxygens (including phenoxy) is 1. The Labute approximate surface area is 146 Å². The molecule has 124 valence electrons. The first-order valence-corrected chi connectivity index (χ1v) is 8.55. The molecule has 4 heteroatoms. The van der Waals surface area contributed by atoms with Crippen molar-refractivity contribution in [3.8, 4) is 0 Å². The summed E-state index contributed by atoms with van der Waals surface area (Å²) in [5.74, 6) is -0.698. The van der Waals surface area contributed by atoms with Crippen molar-refractivity contribution in [3.63, 3.8) is 0 Å². The molecule has 0 saturated heterocycles. The number of rotatable bonds is 4. The van der Waals surface area contributed by atoms with Crippen LogP contribution in [-0.2, 0) is 17.6 Å². The topological polar surface area (TPSA) is 43.4 Å². The predicted octanol–water partition coefficient (Wildman–Crippen LogP) is 4.65. The van der Waals surface area contributed by atoms with Crippen LogP contribution in [0.4, 0.5) is 0 Å². The summed E-state index contributed by atoms with van der Waals surface area (Å²) in [6, 6.07) is 12.2. The third kappa shape index (κ3) is 3.68. The minimum atomic E-state index is -0.838. The summed E-state index contributed by atoms with van der Waals surface area (Å²) in [6.45, 7) is 1.59. The molecule has 0 radical (unpaired) electrons. The van der Waals surface area contributed by atoms with Crippen molar-refractivity contribution in [1.29, 1.82) is 0 Å². The van der Waals surface area contributed by atoms with E-state index < -0.39 is 12.1 Å². The number of benzene rings is 2. The van der Waals surface area contributed by atoms with Gasteiger partial charge in [-0.15, -0.1) is 0 Å². The van der Waals surface area contributed by atoms with E-state index in [0.29, 0.717) is 16.1 Å². The fourth-order valence-corrected chi connectivity index (χ4v) is 3.12. The highest BCUT2D eigenvalue weighted by molar-refractivity contribution is 6.30. The summed E-state index contributed by atoms with van der Waals surface area (Å²) in [6.07, 6.45) is 3.57. The lowest BCUT2D eigenvalue weighted by Crippen LogP contribution is -2.24. The number of ketones is 1. The molecule has 24 heavy (non-hydrogen) atoms. The molecule has 0 spiro atoms. The molecule has 0 amide bonds. The second kappa shape index (κ2) is 7.18. The van der Waals surface area contributed by atoms with Crippen LogP contribution in [0, 0.1) is 0 Å². The van der Waals surface area contributed by atoms with E-state index in [4.69, 9.17) is 16.3 Å². The molecule has 1 atom stereocenters. The SMILES string of the molecule is C[C@@H](OC(=O)c1ccc2c(c1)CCCC2)C(=O)c1ccc(Cl)cc1. The van der Waals surface area contributed by atoms with E-state index >= 15 is 0 Å². The van der Waals surface area contributed by atoms with Crippen LogP contribution < -0.4 is 0 Å². The van der Waals surface area contributed by atoms with Crippen LogP contribution >= 0.6 is 11.6 Å². The second-order valence-electron chi connectivity index (χ2n) is 6.11. The number of carbonyl (C=O) groups is 2. The zero-order valence-electron chi connectivity index (χ0n) is 13.5. The van der Waals surface area contributed by atoms with Crippen molar-refractivity contribution >= 4 is 23.4 Å². The lowest BCUT2D eigenvalue weighted by Gasteiger charge is -2.17. The Kier molecular flexibility index (Phi) is 5.00. The van der Waals surface area contributed by atoms with Crippen molar-refractivity contribution in [1.82, 2.24) is 0 Å². The Morgan fingerprint density at radius 2 is 1.58 bits per heavy atom. The van der Waals surface area contributed by atoms with Crippen molar-refractivity contribution in [2.75, 3.05) is 0 Å². The summed E-state index contributed by atoms with van der Waals surface area (Å²) in [7, 11) is 0. The molecule has 0 aromatic heterocycles. The van der Waals surface area contributed by atoms with Gasteiger partial charge in [0.25, 0.3) is 0 Å². The molecule has 0 unspecified atom stereocenters. The van der Waals surface area contributed by atoms with Crippen molar-refractivity contribution in [3.05, 3.63) is 69.7 Å². The third-order valence-electron chi connectivity index (χ3n) is 4.37. The Hall–Kier alpha value is -2.13. The Bertz CT molecular complexity index is 765. The summed E-state index contributed by atoms with van der Waals surface area (Å²) in [5, 5.41) is 0.560. The van der Waals surface area contributed by atoms with Crippen LogP contribution in [-0.4, -0.2) is 17.9 Å². The van der Waals surface area contributed by atoms with Gasteiger partial charge in [-0.1, -0.05) is 17.7 Å². The standard InChI is InChI=1S/C20H19ClO3/c1-13(19(22)15-8-10-18(21)11-9-15)24-20(23)17-7-6-14-4-2-3-5-16(14)12-17/h6-13H,2-5H2,1H3/t13-/m1/s1. The highest BCUT2D eigenvalue weighted by Crippen LogP contribution is 2.23. The Balaban J connectivity index is 1.69. The van der Waals surface area contributed by atoms with Gasteiger partial charge in [0.2, 0.25) is 5.78 Å². The number of esters is 1. The monoisotopic (exact) mass is 342 g/mol. The molecular formula is C20H19ClO3. The van der Waals surface area contributed by atoms with E-state index in [2.05, 4.69) is 0 Å². The molecular weight excluding hydrogens is 324 g/mol. The number of fused-ring (bicyclic) bond motifs is 1. The lowest BCUT2D eigenvalue weighted by molar-refractivity contribution is 0.0318. The molecule has 0 bridgehead atoms. The van der Waals surface area contributed by atoms with Gasteiger partial charge >= 0.3 is 5.97 Å². The zero-order chi connectivity index (χ0) is 17.1. The van der Waals surface area contributed by atoms with Gasteiger partial charge in [-0.3, -0.25) is 4.79 Å². The number of halogens is 1. The van der Waals surface area contributed by atoms with Crippen LogP contribution in [0.3, 0.4) is 0 Å².